The van der Waals surface area contributed by atoms with Crippen molar-refractivity contribution in [2.24, 2.45) is 0 Å². The highest BCUT2D eigenvalue weighted by Gasteiger charge is 2.01. The molecule has 3 heteroatoms. The zero-order valence-electron chi connectivity index (χ0n) is 9.44. The molecule has 2 rings (SSSR count). The van der Waals surface area contributed by atoms with E-state index < -0.39 is 0 Å². The molecule has 0 aromatic heterocycles. The first kappa shape index (κ1) is 12.5. The van der Waals surface area contributed by atoms with Crippen LogP contribution in [-0.4, -0.2) is 5.78 Å². The Kier molecular flexibility index (Phi) is 3.90. The average molecular weight is 261 g/mol. The zero-order valence-corrected chi connectivity index (χ0v) is 10.2. The first-order valence-corrected chi connectivity index (χ1v) is 5.76. The SMILES string of the molecule is O=C(/C=C/c1cccc(F)c1)c1ccc(Cl)cc1. The van der Waals surface area contributed by atoms with Crippen LogP contribution in [0.2, 0.25) is 5.02 Å². The molecular weight excluding hydrogens is 251 g/mol. The van der Waals surface area contributed by atoms with Crippen molar-refractivity contribution in [3.63, 3.8) is 0 Å². The molecule has 90 valence electrons. The fraction of sp³-hybridized carbons (Fsp3) is 0. The van der Waals surface area contributed by atoms with Crippen LogP contribution in [0.5, 0.6) is 0 Å². The molecule has 0 radical (unpaired) electrons. The second kappa shape index (κ2) is 5.61. The van der Waals surface area contributed by atoms with E-state index >= 15 is 0 Å². The second-order valence-corrected chi connectivity index (χ2v) is 4.20. The molecule has 0 atom stereocenters. The van der Waals surface area contributed by atoms with Gasteiger partial charge in [-0.25, -0.2) is 4.39 Å². The van der Waals surface area contributed by atoms with Crippen molar-refractivity contribution in [3.8, 4) is 0 Å². The Morgan fingerprint density at radius 2 is 1.83 bits per heavy atom. The maximum atomic E-state index is 12.9. The Morgan fingerprint density at radius 3 is 2.50 bits per heavy atom. The van der Waals surface area contributed by atoms with Gasteiger partial charge >= 0.3 is 0 Å². The molecule has 0 aliphatic carbocycles. The van der Waals surface area contributed by atoms with Crippen molar-refractivity contribution in [1.82, 2.24) is 0 Å². The topological polar surface area (TPSA) is 17.1 Å². The highest BCUT2D eigenvalue weighted by Crippen LogP contribution is 2.11. The van der Waals surface area contributed by atoms with Gasteiger partial charge in [-0.15, -0.1) is 0 Å². The summed E-state index contributed by atoms with van der Waals surface area (Å²) in [5, 5.41) is 0.584. The van der Waals surface area contributed by atoms with Gasteiger partial charge in [-0.3, -0.25) is 4.79 Å². The molecule has 0 saturated carbocycles. The first-order valence-electron chi connectivity index (χ1n) is 5.39. The predicted octanol–water partition coefficient (Wildman–Crippen LogP) is 4.38. The monoisotopic (exact) mass is 260 g/mol. The minimum atomic E-state index is -0.323. The van der Waals surface area contributed by atoms with Crippen LogP contribution in [0, 0.1) is 5.82 Å². The lowest BCUT2D eigenvalue weighted by Gasteiger charge is -1.96. The standard InChI is InChI=1S/C15H10ClFO/c16-13-7-5-12(6-8-13)15(18)9-4-11-2-1-3-14(17)10-11/h1-10H/b9-4+. The molecular formula is C15H10ClFO. The van der Waals surface area contributed by atoms with Crippen molar-refractivity contribution >= 4 is 23.5 Å². The summed E-state index contributed by atoms with van der Waals surface area (Å²) in [6.07, 6.45) is 3.00. The van der Waals surface area contributed by atoms with E-state index in [4.69, 9.17) is 11.6 Å². The minimum Gasteiger partial charge on any atom is -0.289 e. The van der Waals surface area contributed by atoms with Crippen LogP contribution < -0.4 is 0 Å². The van der Waals surface area contributed by atoms with Crippen LogP contribution in [0.1, 0.15) is 15.9 Å². The van der Waals surface area contributed by atoms with Crippen molar-refractivity contribution in [1.29, 1.82) is 0 Å². The van der Waals surface area contributed by atoms with E-state index in [-0.39, 0.29) is 11.6 Å². The summed E-state index contributed by atoms with van der Waals surface area (Å²) in [5.41, 5.74) is 1.20. The van der Waals surface area contributed by atoms with E-state index in [0.717, 1.165) is 0 Å². The van der Waals surface area contributed by atoms with Gasteiger partial charge in [-0.1, -0.05) is 29.8 Å². The molecule has 1 nitrogen and oxygen atoms in total. The van der Waals surface area contributed by atoms with E-state index in [1.165, 1.54) is 18.2 Å². The molecule has 18 heavy (non-hydrogen) atoms. The number of halogens is 2. The third kappa shape index (κ3) is 3.28. The van der Waals surface area contributed by atoms with Crippen molar-refractivity contribution in [2.45, 2.75) is 0 Å². The van der Waals surface area contributed by atoms with Gasteiger partial charge < -0.3 is 0 Å². The summed E-state index contributed by atoms with van der Waals surface area (Å²) >= 11 is 5.74. The molecule has 0 saturated heterocycles. The fourth-order valence-corrected chi connectivity index (χ4v) is 1.62. The Balaban J connectivity index is 2.14. The highest BCUT2D eigenvalue weighted by atomic mass is 35.5. The van der Waals surface area contributed by atoms with E-state index in [1.807, 2.05) is 0 Å². The van der Waals surface area contributed by atoms with Crippen LogP contribution in [0.3, 0.4) is 0 Å². The summed E-state index contributed by atoms with van der Waals surface area (Å²) in [6, 6.07) is 12.7. The van der Waals surface area contributed by atoms with Crippen LogP contribution in [0.25, 0.3) is 6.08 Å². The molecule has 0 aliphatic heterocycles. The lowest BCUT2D eigenvalue weighted by Crippen LogP contribution is -1.93. The zero-order chi connectivity index (χ0) is 13.0. The van der Waals surface area contributed by atoms with Gasteiger partial charge in [-0.05, 0) is 48.0 Å². The molecule has 0 N–H and O–H groups in total. The fourth-order valence-electron chi connectivity index (χ4n) is 1.49. The van der Waals surface area contributed by atoms with Crippen molar-refractivity contribution in [2.75, 3.05) is 0 Å². The number of benzene rings is 2. The number of carbonyl (C=O) groups excluding carboxylic acids is 1. The lowest BCUT2D eigenvalue weighted by atomic mass is 10.1. The number of hydrogen-bond donors (Lipinski definition) is 0. The highest BCUT2D eigenvalue weighted by molar-refractivity contribution is 6.30. The normalized spacial score (nSPS) is 10.8. The Hall–Kier alpha value is -1.93. The second-order valence-electron chi connectivity index (χ2n) is 3.76. The number of hydrogen-bond acceptors (Lipinski definition) is 1. The van der Waals surface area contributed by atoms with Gasteiger partial charge in [0.05, 0.1) is 0 Å². The average Bonchev–Trinajstić information content (AvgIpc) is 2.37. The van der Waals surface area contributed by atoms with E-state index in [2.05, 4.69) is 0 Å². The lowest BCUT2D eigenvalue weighted by molar-refractivity contribution is 0.104. The largest absolute Gasteiger partial charge is 0.289 e. The number of allylic oxidation sites excluding steroid dienone is 1. The van der Waals surface area contributed by atoms with Gasteiger partial charge in [0, 0.05) is 10.6 Å². The first-order chi connectivity index (χ1) is 8.65. The predicted molar refractivity (Wildman–Crippen MR) is 71.2 cm³/mol. The number of carbonyl (C=O) groups is 1. The van der Waals surface area contributed by atoms with Crippen LogP contribution in [0.4, 0.5) is 4.39 Å². The third-order valence-electron chi connectivity index (χ3n) is 2.40. The summed E-state index contributed by atoms with van der Waals surface area (Å²) in [6.45, 7) is 0. The Morgan fingerprint density at radius 1 is 1.11 bits per heavy atom. The van der Waals surface area contributed by atoms with Gasteiger partial charge in [0.1, 0.15) is 5.82 Å². The summed E-state index contributed by atoms with van der Waals surface area (Å²) in [7, 11) is 0. The molecule has 0 bridgehead atoms. The molecule has 2 aromatic carbocycles. The van der Waals surface area contributed by atoms with Crippen LogP contribution in [-0.2, 0) is 0 Å². The molecule has 0 heterocycles. The molecule has 2 aromatic rings. The molecule has 0 fully saturated rings. The van der Waals surface area contributed by atoms with Crippen molar-refractivity contribution in [3.05, 3.63) is 76.6 Å². The Labute approximate surface area is 110 Å². The van der Waals surface area contributed by atoms with E-state index in [1.54, 1.807) is 42.5 Å². The Bertz CT molecular complexity index is 588. The van der Waals surface area contributed by atoms with E-state index in [0.29, 0.717) is 16.1 Å². The van der Waals surface area contributed by atoms with Gasteiger partial charge in [0.25, 0.3) is 0 Å². The summed E-state index contributed by atoms with van der Waals surface area (Å²) in [5.74, 6) is -0.466. The van der Waals surface area contributed by atoms with Crippen LogP contribution in [0.15, 0.2) is 54.6 Å². The van der Waals surface area contributed by atoms with Crippen LogP contribution >= 0.6 is 11.6 Å². The number of ketones is 1. The number of rotatable bonds is 3. The minimum absolute atomic E-state index is 0.143. The van der Waals surface area contributed by atoms with Gasteiger partial charge in [0.15, 0.2) is 5.78 Å². The molecule has 0 amide bonds. The molecule has 0 unspecified atom stereocenters. The quantitative estimate of drug-likeness (QED) is 0.591. The molecule has 0 spiro atoms. The smallest absolute Gasteiger partial charge is 0.185 e. The van der Waals surface area contributed by atoms with Crippen molar-refractivity contribution < 1.29 is 9.18 Å². The summed E-state index contributed by atoms with van der Waals surface area (Å²) < 4.78 is 12.9. The van der Waals surface area contributed by atoms with E-state index in [9.17, 15) is 9.18 Å². The third-order valence-corrected chi connectivity index (χ3v) is 2.66. The molecule has 0 aliphatic rings. The summed E-state index contributed by atoms with van der Waals surface area (Å²) in [4.78, 5) is 11.8. The maximum absolute atomic E-state index is 12.9. The van der Waals surface area contributed by atoms with Gasteiger partial charge in [-0.2, -0.15) is 0 Å². The maximum Gasteiger partial charge on any atom is 0.185 e. The van der Waals surface area contributed by atoms with Gasteiger partial charge in [0.2, 0.25) is 0 Å².